The van der Waals surface area contributed by atoms with Crippen molar-refractivity contribution in [3.05, 3.63) is 23.5 Å². The van der Waals surface area contributed by atoms with Crippen LogP contribution in [-0.4, -0.2) is 72.6 Å². The Morgan fingerprint density at radius 3 is 2.39 bits per heavy atom. The third kappa shape index (κ3) is 4.90. The van der Waals surface area contributed by atoms with Gasteiger partial charge in [0.15, 0.2) is 11.5 Å². The second kappa shape index (κ2) is 9.38. The topological polar surface area (TPSA) is 96.4 Å². The first-order valence-electron chi connectivity index (χ1n) is 8.98. The maximum absolute atomic E-state index is 14.4. The maximum atomic E-state index is 14.4. The number of hydrogen-bond acceptors (Lipinski definition) is 5. The molecule has 1 saturated heterocycles. The number of ether oxygens (including phenoxy) is 2. The summed E-state index contributed by atoms with van der Waals surface area (Å²) in [5.41, 5.74) is -0.120. The second-order valence-electron chi connectivity index (χ2n) is 6.60. The van der Waals surface area contributed by atoms with Crippen molar-refractivity contribution in [1.82, 2.24) is 9.80 Å². The van der Waals surface area contributed by atoms with E-state index in [4.69, 9.17) is 14.6 Å². The molecule has 28 heavy (non-hydrogen) atoms. The van der Waals surface area contributed by atoms with Crippen LogP contribution in [0.15, 0.2) is 12.1 Å². The molecule has 1 aromatic rings. The summed E-state index contributed by atoms with van der Waals surface area (Å²) >= 11 is 0. The number of aliphatic carboxylic acids is 1. The summed E-state index contributed by atoms with van der Waals surface area (Å²) in [6.07, 6.45) is 1.58. The molecular formula is C19H25FN2O6. The Morgan fingerprint density at radius 1 is 1.18 bits per heavy atom. The van der Waals surface area contributed by atoms with Crippen LogP contribution in [0.25, 0.3) is 0 Å². The van der Waals surface area contributed by atoms with Crippen LogP contribution in [0.2, 0.25) is 0 Å². The Balaban J connectivity index is 2.16. The Bertz CT molecular complexity index is 754. The average molecular weight is 396 g/mol. The molecule has 1 heterocycles. The van der Waals surface area contributed by atoms with E-state index in [1.165, 1.54) is 37.0 Å². The van der Waals surface area contributed by atoms with Crippen molar-refractivity contribution in [3.63, 3.8) is 0 Å². The Morgan fingerprint density at radius 2 is 1.82 bits per heavy atom. The van der Waals surface area contributed by atoms with E-state index in [0.29, 0.717) is 32.4 Å². The molecule has 1 aromatic carbocycles. The minimum absolute atomic E-state index is 0.120. The van der Waals surface area contributed by atoms with Gasteiger partial charge in [0.25, 0.3) is 5.91 Å². The van der Waals surface area contributed by atoms with E-state index in [1.54, 1.807) is 0 Å². The molecule has 0 aromatic heterocycles. The van der Waals surface area contributed by atoms with Gasteiger partial charge in [0.2, 0.25) is 5.91 Å². The lowest BCUT2D eigenvalue weighted by Crippen LogP contribution is -2.43. The van der Waals surface area contributed by atoms with Crippen molar-refractivity contribution in [2.24, 2.45) is 0 Å². The van der Waals surface area contributed by atoms with Crippen LogP contribution in [-0.2, 0) is 9.59 Å². The van der Waals surface area contributed by atoms with Gasteiger partial charge in [-0.3, -0.25) is 14.4 Å². The van der Waals surface area contributed by atoms with Crippen molar-refractivity contribution in [2.75, 3.05) is 33.9 Å². The molecule has 9 heteroatoms. The van der Waals surface area contributed by atoms with E-state index in [2.05, 4.69) is 0 Å². The number of hydrogen-bond donors (Lipinski definition) is 1. The smallest absolute Gasteiger partial charge is 0.323 e. The van der Waals surface area contributed by atoms with Gasteiger partial charge in [0, 0.05) is 32.1 Å². The third-order valence-electron chi connectivity index (χ3n) is 4.84. The molecule has 0 saturated carbocycles. The van der Waals surface area contributed by atoms with Crippen LogP contribution in [0.5, 0.6) is 11.5 Å². The van der Waals surface area contributed by atoms with E-state index < -0.39 is 17.7 Å². The van der Waals surface area contributed by atoms with Crippen LogP contribution < -0.4 is 9.47 Å². The minimum atomic E-state index is -1.08. The molecule has 154 valence electrons. The third-order valence-corrected chi connectivity index (χ3v) is 4.84. The molecule has 1 N–H and O–H groups in total. The zero-order valence-corrected chi connectivity index (χ0v) is 16.2. The summed E-state index contributed by atoms with van der Waals surface area (Å²) in [6, 6.07) is 2.14. The Kier molecular flexibility index (Phi) is 7.19. The van der Waals surface area contributed by atoms with Gasteiger partial charge in [0.05, 0.1) is 19.8 Å². The van der Waals surface area contributed by atoms with Crippen molar-refractivity contribution >= 4 is 17.8 Å². The molecule has 2 rings (SSSR count). The molecule has 0 radical (unpaired) electrons. The van der Waals surface area contributed by atoms with Crippen LogP contribution in [0, 0.1) is 5.82 Å². The van der Waals surface area contributed by atoms with E-state index in [0.717, 1.165) is 6.07 Å². The highest BCUT2D eigenvalue weighted by atomic mass is 19.1. The lowest BCUT2D eigenvalue weighted by atomic mass is 10.1. The zero-order valence-electron chi connectivity index (χ0n) is 16.2. The van der Waals surface area contributed by atoms with Crippen molar-refractivity contribution in [3.8, 4) is 11.5 Å². The Labute approximate surface area is 162 Å². The van der Waals surface area contributed by atoms with Gasteiger partial charge in [-0.1, -0.05) is 0 Å². The number of carboxylic acids is 1. The van der Waals surface area contributed by atoms with Crippen molar-refractivity contribution in [2.45, 2.75) is 32.2 Å². The number of halogens is 1. The molecular weight excluding hydrogens is 371 g/mol. The van der Waals surface area contributed by atoms with E-state index in [9.17, 15) is 18.8 Å². The number of carboxylic acid groups (broad SMARTS) is 1. The fourth-order valence-corrected chi connectivity index (χ4v) is 3.43. The summed E-state index contributed by atoms with van der Waals surface area (Å²) in [7, 11) is 2.78. The molecule has 8 nitrogen and oxygen atoms in total. The van der Waals surface area contributed by atoms with E-state index in [1.807, 2.05) is 0 Å². The van der Waals surface area contributed by atoms with Gasteiger partial charge in [-0.25, -0.2) is 4.39 Å². The SMILES string of the molecule is COc1cc(F)c(C(=O)N2CCCC(N(CC(=O)O)C(C)=O)CC2)cc1OC. The number of carbonyl (C=O) groups is 3. The zero-order chi connectivity index (χ0) is 20.8. The average Bonchev–Trinajstić information content (AvgIpc) is 2.91. The summed E-state index contributed by atoms with van der Waals surface area (Å²) < 4.78 is 24.6. The van der Waals surface area contributed by atoms with Gasteiger partial charge in [0.1, 0.15) is 12.4 Å². The second-order valence-corrected chi connectivity index (χ2v) is 6.60. The standard InChI is InChI=1S/C19H25FN2O6/c1-12(23)22(11-18(24)25)13-5-4-7-21(8-6-13)19(26)14-9-16(27-2)17(28-3)10-15(14)20/h9-10,13H,4-8,11H2,1-3H3,(H,24,25). The summed E-state index contributed by atoms with van der Waals surface area (Å²) in [6.45, 7) is 1.64. The molecule has 1 aliphatic heterocycles. The van der Waals surface area contributed by atoms with Crippen molar-refractivity contribution in [1.29, 1.82) is 0 Å². The van der Waals surface area contributed by atoms with Gasteiger partial charge in [-0.05, 0) is 25.3 Å². The highest BCUT2D eigenvalue weighted by Gasteiger charge is 2.29. The van der Waals surface area contributed by atoms with Crippen molar-refractivity contribution < 1.29 is 33.4 Å². The first-order chi connectivity index (χ1) is 13.3. The molecule has 0 bridgehead atoms. The molecule has 1 atom stereocenters. The van der Waals surface area contributed by atoms with Gasteiger partial charge in [-0.15, -0.1) is 0 Å². The van der Waals surface area contributed by atoms with Gasteiger partial charge < -0.3 is 24.4 Å². The fraction of sp³-hybridized carbons (Fsp3) is 0.526. The first kappa shape index (κ1) is 21.5. The quantitative estimate of drug-likeness (QED) is 0.787. The van der Waals surface area contributed by atoms with Crippen LogP contribution in [0.3, 0.4) is 0 Å². The number of carbonyl (C=O) groups excluding carboxylic acids is 2. The number of methoxy groups -OCH3 is 2. The minimum Gasteiger partial charge on any atom is -0.493 e. The number of likely N-dealkylation sites (tertiary alicyclic amines) is 1. The highest BCUT2D eigenvalue weighted by Crippen LogP contribution is 2.31. The van der Waals surface area contributed by atoms with E-state index in [-0.39, 0.29) is 35.6 Å². The maximum Gasteiger partial charge on any atom is 0.323 e. The summed E-state index contributed by atoms with van der Waals surface area (Å²) in [5.74, 6) is -2.15. The van der Waals surface area contributed by atoms with Crippen LogP contribution in [0.1, 0.15) is 36.5 Å². The first-order valence-corrected chi connectivity index (χ1v) is 8.98. The normalized spacial score (nSPS) is 16.9. The molecule has 2 amide bonds. The molecule has 1 aliphatic rings. The van der Waals surface area contributed by atoms with E-state index >= 15 is 0 Å². The highest BCUT2D eigenvalue weighted by molar-refractivity contribution is 5.95. The predicted octanol–water partition coefficient (Wildman–Crippen LogP) is 1.77. The lowest BCUT2D eigenvalue weighted by Gasteiger charge is -2.29. The summed E-state index contributed by atoms with van der Waals surface area (Å²) in [4.78, 5) is 38.5. The largest absolute Gasteiger partial charge is 0.493 e. The summed E-state index contributed by atoms with van der Waals surface area (Å²) in [5, 5.41) is 9.02. The Hall–Kier alpha value is -2.84. The number of benzene rings is 1. The van der Waals surface area contributed by atoms with Crippen LogP contribution in [0.4, 0.5) is 4.39 Å². The monoisotopic (exact) mass is 396 g/mol. The molecule has 1 fully saturated rings. The number of amides is 2. The van der Waals surface area contributed by atoms with Gasteiger partial charge >= 0.3 is 5.97 Å². The van der Waals surface area contributed by atoms with Gasteiger partial charge in [-0.2, -0.15) is 0 Å². The number of rotatable bonds is 6. The molecule has 0 aliphatic carbocycles. The predicted molar refractivity (Wildman–Crippen MR) is 98.1 cm³/mol. The lowest BCUT2D eigenvalue weighted by molar-refractivity contribution is -0.145. The molecule has 1 unspecified atom stereocenters. The number of nitrogens with zero attached hydrogens (tertiary/aromatic N) is 2. The molecule has 0 spiro atoms. The van der Waals surface area contributed by atoms with Crippen LogP contribution >= 0.6 is 0 Å². The fourth-order valence-electron chi connectivity index (χ4n) is 3.43.